The van der Waals surface area contributed by atoms with Crippen LogP contribution in [-0.4, -0.2) is 127 Å². The summed E-state index contributed by atoms with van der Waals surface area (Å²) in [7, 11) is 0. The lowest BCUT2D eigenvalue weighted by Crippen LogP contribution is -2.60. The van der Waals surface area contributed by atoms with Crippen molar-refractivity contribution in [3.05, 3.63) is 122 Å². The molecule has 486 valence electrons. The summed E-state index contributed by atoms with van der Waals surface area (Å²) in [5, 5.41) is 66.7. The number of benzene rings is 2. The molecule has 0 amide bonds. The minimum Gasteiger partial charge on any atom is -0.507 e. The first-order valence-corrected chi connectivity index (χ1v) is 32.1. The highest BCUT2D eigenvalue weighted by atomic mass is 16.6. The molecule has 0 aromatic heterocycles. The van der Waals surface area contributed by atoms with Gasteiger partial charge in [-0.05, 0) is 195 Å². The molecule has 2 aromatic rings. The quantitative estimate of drug-likeness (QED) is 0.0323. The zero-order valence-electron chi connectivity index (χ0n) is 52.3. The molecule has 16 rings (SSSR count). The van der Waals surface area contributed by atoms with E-state index in [1.807, 2.05) is 0 Å². The van der Waals surface area contributed by atoms with Crippen molar-refractivity contribution in [2.75, 3.05) is 33.0 Å². The summed E-state index contributed by atoms with van der Waals surface area (Å²) in [5.74, 6) is 5.47. The topological polar surface area (TPSA) is 273 Å². The van der Waals surface area contributed by atoms with Gasteiger partial charge in [-0.2, -0.15) is 0 Å². The van der Waals surface area contributed by atoms with Gasteiger partial charge in [-0.1, -0.05) is 87.0 Å². The molecule has 17 heteroatoms. The van der Waals surface area contributed by atoms with E-state index in [-0.39, 0.29) is 67.7 Å². The Bertz CT molecular complexity index is 2980. The molecular formula is C72H96O17. The Labute approximate surface area is 524 Å². The van der Waals surface area contributed by atoms with Crippen LogP contribution >= 0.6 is 0 Å². The number of ether oxygens (including phenoxy) is 5. The number of rotatable bonds is 13. The average molecular weight is 1230 g/mol. The van der Waals surface area contributed by atoms with Crippen LogP contribution < -0.4 is 4.74 Å². The maximum absolute atomic E-state index is 11.7. The number of aliphatic hydroxyl groups is 6. The van der Waals surface area contributed by atoms with Gasteiger partial charge in [0.25, 0.3) is 0 Å². The van der Waals surface area contributed by atoms with Gasteiger partial charge in [-0.3, -0.25) is 4.79 Å². The Kier molecular flexibility index (Phi) is 23.0. The predicted octanol–water partition coefficient (Wildman–Crippen LogP) is 9.98. The van der Waals surface area contributed by atoms with Gasteiger partial charge < -0.3 is 59.4 Å². The van der Waals surface area contributed by atoms with Gasteiger partial charge in [-0.25, -0.2) is 19.2 Å². The van der Waals surface area contributed by atoms with E-state index in [2.05, 4.69) is 67.5 Å². The van der Waals surface area contributed by atoms with Crippen LogP contribution in [0.15, 0.2) is 122 Å². The number of hydrogen-bond donors (Lipinski definition) is 7. The highest BCUT2D eigenvalue weighted by Crippen LogP contribution is 2.60. The fraction of sp³-hybridized carbons (Fsp3) is 0.597. The van der Waals surface area contributed by atoms with Crippen LogP contribution in [0.3, 0.4) is 0 Å². The van der Waals surface area contributed by atoms with Crippen molar-refractivity contribution in [2.45, 2.75) is 165 Å². The third-order valence-corrected chi connectivity index (χ3v) is 20.0. The summed E-state index contributed by atoms with van der Waals surface area (Å²) < 4.78 is 25.8. The maximum atomic E-state index is 11.7. The molecule has 11 saturated carbocycles. The standard InChI is InChI=1S/C14H20O3.C14H12O3.C13H18O3.C10H14O3.C8H12O.C7H10O.C6H10O3/c1-9(2)12(15)17-14-6-10-3-11(7-14)5-13(16,4-10)8-14;1-9(2)14(16)17-13-8-4-5-10-11(13)6-3-7-12(10)15;1-2-11(14)16-13-6-9-3-10(7-13)5-12(15,4-9)8-13;11-3-4-13-10(12)9-6-7-1-2-8(9)5-7;9-5-8-4-6-1-2-7(8)3-6;8-7-4-5-1-2-6(7)3-5;1-5(2)6(8)9-4-3-7/h10-11,16H,1,3-8H2,2H3;3-8,15H,1H2,2H3;2,9-10,15H,1,3-8H2;1-2,7-9,11H,3-6H2;1-2,6-9H,3-5H2;1-2,5-8H,3-4H2;7H,1,3-4H2,2H3. The second-order valence-electron chi connectivity index (χ2n) is 27.8. The lowest BCUT2D eigenvalue weighted by atomic mass is 9.52. The van der Waals surface area contributed by atoms with Crippen molar-refractivity contribution in [1.29, 1.82) is 0 Å². The highest BCUT2D eigenvalue weighted by molar-refractivity contribution is 5.96. The molecule has 0 saturated heterocycles. The number of phenolic OH excluding ortho intramolecular Hbond substituents is 1. The minimum atomic E-state index is -0.570. The van der Waals surface area contributed by atoms with Gasteiger partial charge in [0, 0.05) is 58.9 Å². The van der Waals surface area contributed by atoms with E-state index in [0.29, 0.717) is 100 Å². The van der Waals surface area contributed by atoms with Gasteiger partial charge in [0.2, 0.25) is 0 Å². The van der Waals surface area contributed by atoms with Gasteiger partial charge in [0.1, 0.15) is 35.9 Å². The summed E-state index contributed by atoms with van der Waals surface area (Å²) >= 11 is 0. The molecule has 2 aromatic carbocycles. The molecule has 0 heterocycles. The number of carbonyl (C=O) groups is 5. The lowest BCUT2D eigenvalue weighted by Gasteiger charge is -2.59. The van der Waals surface area contributed by atoms with E-state index in [1.165, 1.54) is 38.2 Å². The number of allylic oxidation sites excluding steroid dienone is 5. The second-order valence-corrected chi connectivity index (χ2v) is 27.8. The number of fused-ring (bicyclic) bond motifs is 7. The average Bonchev–Trinajstić information content (AvgIpc) is 1.76. The van der Waals surface area contributed by atoms with E-state index in [0.717, 1.165) is 88.4 Å². The molecule has 7 N–H and O–H groups in total. The monoisotopic (exact) mass is 1230 g/mol. The predicted molar refractivity (Wildman–Crippen MR) is 335 cm³/mol. The number of aliphatic hydroxyl groups excluding tert-OH is 4. The molecule has 89 heavy (non-hydrogen) atoms. The van der Waals surface area contributed by atoms with Crippen molar-refractivity contribution in [2.24, 2.45) is 71.0 Å². The fourth-order valence-electron chi connectivity index (χ4n) is 17.0. The molecule has 14 aliphatic rings. The van der Waals surface area contributed by atoms with Gasteiger partial charge in [-0.15, -0.1) is 0 Å². The molecule has 14 aliphatic carbocycles. The fourth-order valence-corrected chi connectivity index (χ4v) is 17.0. The molecule has 13 atom stereocenters. The maximum Gasteiger partial charge on any atom is 0.338 e. The molecular weight excluding hydrogens is 1140 g/mol. The van der Waals surface area contributed by atoms with Crippen molar-refractivity contribution in [1.82, 2.24) is 0 Å². The Morgan fingerprint density at radius 1 is 0.551 bits per heavy atom. The van der Waals surface area contributed by atoms with E-state index >= 15 is 0 Å². The Balaban J connectivity index is 0.000000137. The van der Waals surface area contributed by atoms with E-state index in [4.69, 9.17) is 39.4 Å². The number of carbonyl (C=O) groups excluding carboxylic acids is 5. The number of aromatic hydroxyl groups is 1. The summed E-state index contributed by atoms with van der Waals surface area (Å²) in [5.41, 5.74) is -0.775. The van der Waals surface area contributed by atoms with Crippen LogP contribution in [-0.2, 0) is 42.9 Å². The number of phenols is 1. The highest BCUT2D eigenvalue weighted by Gasteiger charge is 2.60. The number of hydrogen-bond acceptors (Lipinski definition) is 17. The van der Waals surface area contributed by atoms with Crippen molar-refractivity contribution in [3.63, 3.8) is 0 Å². The van der Waals surface area contributed by atoms with E-state index in [9.17, 15) is 39.3 Å². The second kappa shape index (κ2) is 29.8. The van der Waals surface area contributed by atoms with Crippen LogP contribution in [0.4, 0.5) is 0 Å². The van der Waals surface area contributed by atoms with Gasteiger partial charge in [0.05, 0.1) is 36.4 Å². The molecule has 17 nitrogen and oxygen atoms in total. The van der Waals surface area contributed by atoms with Crippen LogP contribution in [0, 0.1) is 71.0 Å². The number of esters is 5. The first-order valence-electron chi connectivity index (χ1n) is 32.1. The SMILES string of the molecule is C=C(C)C(=O)OC12CC3CC(CC(O)(C3)C1)C2.C=C(C)C(=O)OCCO.C=C(C)C(=O)Oc1cccc2c(O)cccc12.C=CC(=O)OC12CC3CC(CC(O)(C3)C1)C2.O=C(OCCO)C1CC2C=CC1C2.OC1CC2C=CC1C2.OCC1CC2C=CC1C2. The third kappa shape index (κ3) is 17.9. The van der Waals surface area contributed by atoms with Gasteiger partial charge in [0.15, 0.2) is 0 Å². The summed E-state index contributed by atoms with van der Waals surface area (Å²) in [6.07, 6.45) is 32.3. The normalized spacial score (nSPS) is 35.0. The summed E-state index contributed by atoms with van der Waals surface area (Å²) in [4.78, 5) is 56.5. The molecule has 14 bridgehead atoms. The van der Waals surface area contributed by atoms with Gasteiger partial charge >= 0.3 is 29.8 Å². The first-order chi connectivity index (χ1) is 42.3. The van der Waals surface area contributed by atoms with Crippen LogP contribution in [0.5, 0.6) is 11.5 Å². The molecule has 13 unspecified atom stereocenters. The molecule has 0 radical (unpaired) electrons. The third-order valence-electron chi connectivity index (χ3n) is 20.0. The Morgan fingerprint density at radius 2 is 1.03 bits per heavy atom. The van der Waals surface area contributed by atoms with Crippen LogP contribution in [0.25, 0.3) is 10.8 Å². The smallest absolute Gasteiger partial charge is 0.338 e. The zero-order valence-corrected chi connectivity index (χ0v) is 52.3. The van der Waals surface area contributed by atoms with E-state index in [1.54, 1.807) is 57.2 Å². The molecule has 0 spiro atoms. The Hall–Kier alpha value is -6.21. The summed E-state index contributed by atoms with van der Waals surface area (Å²) in [6.45, 7) is 19.1. The van der Waals surface area contributed by atoms with Crippen molar-refractivity contribution < 1.29 is 83.4 Å². The largest absolute Gasteiger partial charge is 0.507 e. The summed E-state index contributed by atoms with van der Waals surface area (Å²) in [6, 6.07) is 10.3. The lowest BCUT2D eigenvalue weighted by molar-refractivity contribution is -0.218. The van der Waals surface area contributed by atoms with Crippen LogP contribution in [0.2, 0.25) is 0 Å². The van der Waals surface area contributed by atoms with Crippen molar-refractivity contribution in [3.8, 4) is 11.5 Å². The first kappa shape index (κ1) is 68.7. The zero-order chi connectivity index (χ0) is 64.4. The molecule has 11 fully saturated rings. The Morgan fingerprint density at radius 3 is 1.44 bits per heavy atom. The van der Waals surface area contributed by atoms with E-state index < -0.39 is 28.7 Å². The van der Waals surface area contributed by atoms with Crippen molar-refractivity contribution >= 4 is 40.6 Å². The van der Waals surface area contributed by atoms with Crippen LogP contribution in [0.1, 0.15) is 136 Å². The minimum absolute atomic E-state index is 0.00926. The molecule has 0 aliphatic heterocycles.